The first kappa shape index (κ1) is 18.2. The molecule has 1 atom stereocenters. The largest absolute Gasteiger partial charge is 0.340 e. The fraction of sp³-hybridized carbons (Fsp3) is 0.545. The van der Waals surface area contributed by atoms with Gasteiger partial charge in [0.05, 0.1) is 5.69 Å². The van der Waals surface area contributed by atoms with E-state index < -0.39 is 0 Å². The number of benzene rings is 1. The molecule has 27 heavy (non-hydrogen) atoms. The van der Waals surface area contributed by atoms with Gasteiger partial charge in [-0.2, -0.15) is 5.10 Å². The maximum absolute atomic E-state index is 12.3. The zero-order chi connectivity index (χ0) is 18.9. The SMILES string of the molecule is CC(C)N1C[C@@]2(CCCN(Cc3ccc(-n4cccn4)cc3)C2)CCC1=O. The Kier molecular flexibility index (Phi) is 5.04. The molecule has 1 amide bonds. The molecule has 2 aliphatic heterocycles. The van der Waals surface area contributed by atoms with Crippen molar-refractivity contribution in [3.8, 4) is 5.69 Å². The van der Waals surface area contributed by atoms with Crippen LogP contribution in [0.5, 0.6) is 0 Å². The summed E-state index contributed by atoms with van der Waals surface area (Å²) in [6.45, 7) is 8.44. The van der Waals surface area contributed by atoms with E-state index in [0.29, 0.717) is 18.4 Å². The molecular formula is C22H30N4O. The van der Waals surface area contributed by atoms with Crippen LogP contribution in [-0.2, 0) is 11.3 Å². The van der Waals surface area contributed by atoms with Crippen molar-refractivity contribution in [1.29, 1.82) is 0 Å². The number of amides is 1. The van der Waals surface area contributed by atoms with Gasteiger partial charge in [-0.1, -0.05) is 12.1 Å². The molecule has 0 N–H and O–H groups in total. The molecule has 1 aromatic heterocycles. The second-order valence-corrected chi connectivity index (χ2v) is 8.55. The van der Waals surface area contributed by atoms with Crippen LogP contribution in [0.3, 0.4) is 0 Å². The van der Waals surface area contributed by atoms with Crippen molar-refractivity contribution in [3.63, 3.8) is 0 Å². The first-order valence-electron chi connectivity index (χ1n) is 10.2. The van der Waals surface area contributed by atoms with Gasteiger partial charge in [-0.15, -0.1) is 0 Å². The number of carbonyl (C=O) groups is 1. The van der Waals surface area contributed by atoms with Gasteiger partial charge in [0.25, 0.3) is 0 Å². The van der Waals surface area contributed by atoms with E-state index >= 15 is 0 Å². The summed E-state index contributed by atoms with van der Waals surface area (Å²) in [4.78, 5) is 17.0. The number of nitrogens with zero attached hydrogens (tertiary/aromatic N) is 4. The lowest BCUT2D eigenvalue weighted by molar-refractivity contribution is -0.141. The van der Waals surface area contributed by atoms with Crippen molar-refractivity contribution < 1.29 is 4.79 Å². The van der Waals surface area contributed by atoms with Crippen molar-refractivity contribution in [2.24, 2.45) is 5.41 Å². The van der Waals surface area contributed by atoms with Gasteiger partial charge in [0.1, 0.15) is 0 Å². The molecule has 2 aromatic rings. The Labute approximate surface area is 162 Å². The van der Waals surface area contributed by atoms with Gasteiger partial charge < -0.3 is 4.90 Å². The zero-order valence-electron chi connectivity index (χ0n) is 16.5. The minimum atomic E-state index is 0.283. The predicted octanol–water partition coefficient (Wildman–Crippen LogP) is 3.49. The zero-order valence-corrected chi connectivity index (χ0v) is 16.5. The highest BCUT2D eigenvalue weighted by Crippen LogP contribution is 2.39. The quantitative estimate of drug-likeness (QED) is 0.832. The lowest BCUT2D eigenvalue weighted by Gasteiger charge is -2.49. The molecular weight excluding hydrogens is 336 g/mol. The average molecular weight is 367 g/mol. The first-order valence-corrected chi connectivity index (χ1v) is 10.2. The molecule has 0 saturated carbocycles. The summed E-state index contributed by atoms with van der Waals surface area (Å²) in [5.74, 6) is 0.335. The second-order valence-electron chi connectivity index (χ2n) is 8.55. The molecule has 5 nitrogen and oxygen atoms in total. The average Bonchev–Trinajstić information content (AvgIpc) is 3.19. The normalized spacial score (nSPS) is 24.1. The molecule has 0 aliphatic carbocycles. The van der Waals surface area contributed by atoms with Crippen molar-refractivity contribution in [1.82, 2.24) is 19.6 Å². The number of carbonyl (C=O) groups excluding carboxylic acids is 1. The lowest BCUT2D eigenvalue weighted by atomic mass is 9.73. The summed E-state index contributed by atoms with van der Waals surface area (Å²) in [5, 5.41) is 4.29. The fourth-order valence-electron chi connectivity index (χ4n) is 4.73. The van der Waals surface area contributed by atoms with Crippen molar-refractivity contribution >= 4 is 5.91 Å². The van der Waals surface area contributed by atoms with Gasteiger partial charge in [0.15, 0.2) is 0 Å². The molecule has 2 saturated heterocycles. The number of hydrogen-bond donors (Lipinski definition) is 0. The lowest BCUT2D eigenvalue weighted by Crippen LogP contribution is -2.55. The van der Waals surface area contributed by atoms with Crippen LogP contribution in [0.25, 0.3) is 5.69 Å². The van der Waals surface area contributed by atoms with Gasteiger partial charge in [-0.05, 0) is 63.4 Å². The van der Waals surface area contributed by atoms with E-state index in [4.69, 9.17) is 0 Å². The van der Waals surface area contributed by atoms with Gasteiger partial charge >= 0.3 is 0 Å². The van der Waals surface area contributed by atoms with Crippen LogP contribution in [0.2, 0.25) is 0 Å². The monoisotopic (exact) mass is 366 g/mol. The molecule has 0 radical (unpaired) electrons. The van der Waals surface area contributed by atoms with E-state index in [1.807, 2.05) is 16.9 Å². The minimum absolute atomic E-state index is 0.283. The van der Waals surface area contributed by atoms with Crippen LogP contribution in [0, 0.1) is 5.41 Å². The molecule has 4 rings (SSSR count). The number of piperidine rings is 2. The summed E-state index contributed by atoms with van der Waals surface area (Å²) in [6, 6.07) is 11.0. The highest BCUT2D eigenvalue weighted by molar-refractivity contribution is 5.77. The molecule has 144 valence electrons. The maximum atomic E-state index is 12.3. The van der Waals surface area contributed by atoms with E-state index in [1.165, 1.54) is 18.4 Å². The van der Waals surface area contributed by atoms with Gasteiger partial charge in [-0.25, -0.2) is 4.68 Å². The van der Waals surface area contributed by atoms with Gasteiger partial charge in [-0.3, -0.25) is 9.69 Å². The molecule has 1 spiro atoms. The predicted molar refractivity (Wildman–Crippen MR) is 107 cm³/mol. The van der Waals surface area contributed by atoms with Crippen molar-refractivity contribution in [2.45, 2.75) is 52.1 Å². The van der Waals surface area contributed by atoms with E-state index in [0.717, 1.165) is 38.3 Å². The third kappa shape index (κ3) is 3.93. The molecule has 3 heterocycles. The Balaban J connectivity index is 1.42. The van der Waals surface area contributed by atoms with Crippen LogP contribution in [0.15, 0.2) is 42.7 Å². The van der Waals surface area contributed by atoms with Crippen LogP contribution in [0.4, 0.5) is 0 Å². The molecule has 2 fully saturated rings. The number of rotatable bonds is 4. The fourth-order valence-corrected chi connectivity index (χ4v) is 4.73. The number of aromatic nitrogens is 2. The summed E-state index contributed by atoms with van der Waals surface area (Å²) in [7, 11) is 0. The Morgan fingerprint density at radius 3 is 2.67 bits per heavy atom. The molecule has 2 aliphatic rings. The highest BCUT2D eigenvalue weighted by atomic mass is 16.2. The Bertz CT molecular complexity index is 768. The van der Waals surface area contributed by atoms with Crippen LogP contribution in [0.1, 0.15) is 45.1 Å². The van der Waals surface area contributed by atoms with Crippen LogP contribution in [-0.4, -0.2) is 51.2 Å². The molecule has 0 bridgehead atoms. The Morgan fingerprint density at radius 2 is 1.96 bits per heavy atom. The van der Waals surface area contributed by atoms with E-state index in [9.17, 15) is 4.79 Å². The van der Waals surface area contributed by atoms with Crippen molar-refractivity contribution in [3.05, 3.63) is 48.3 Å². The minimum Gasteiger partial charge on any atom is -0.340 e. The van der Waals surface area contributed by atoms with E-state index in [1.54, 1.807) is 6.20 Å². The third-order valence-electron chi connectivity index (χ3n) is 6.17. The third-order valence-corrected chi connectivity index (χ3v) is 6.17. The Hall–Kier alpha value is -2.14. The van der Waals surface area contributed by atoms with E-state index in [2.05, 4.69) is 53.0 Å². The number of hydrogen-bond acceptors (Lipinski definition) is 3. The highest BCUT2D eigenvalue weighted by Gasteiger charge is 2.42. The number of likely N-dealkylation sites (tertiary alicyclic amines) is 2. The van der Waals surface area contributed by atoms with Gasteiger partial charge in [0, 0.05) is 49.9 Å². The first-order chi connectivity index (χ1) is 13.0. The standard InChI is InChI=1S/C22H30N4O/c1-18(2)25-17-22(11-9-21(25)27)10-3-13-24(16-22)15-19-5-7-20(8-6-19)26-14-4-12-23-26/h4-8,12,14,18H,3,9-11,13,15-17H2,1-2H3/t22-/m0/s1. The van der Waals surface area contributed by atoms with Crippen molar-refractivity contribution in [2.75, 3.05) is 19.6 Å². The van der Waals surface area contributed by atoms with Crippen LogP contribution < -0.4 is 0 Å². The topological polar surface area (TPSA) is 41.4 Å². The molecule has 1 aromatic carbocycles. The second kappa shape index (κ2) is 7.47. The summed E-state index contributed by atoms with van der Waals surface area (Å²) in [5.41, 5.74) is 2.72. The smallest absolute Gasteiger partial charge is 0.222 e. The van der Waals surface area contributed by atoms with Gasteiger partial charge in [0.2, 0.25) is 5.91 Å². The molecule has 0 unspecified atom stereocenters. The Morgan fingerprint density at radius 1 is 1.15 bits per heavy atom. The summed E-state index contributed by atoms with van der Waals surface area (Å²) >= 11 is 0. The molecule has 5 heteroatoms. The van der Waals surface area contributed by atoms with E-state index in [-0.39, 0.29) is 5.41 Å². The maximum Gasteiger partial charge on any atom is 0.222 e. The van der Waals surface area contributed by atoms with Crippen LogP contribution >= 0.6 is 0 Å². The summed E-state index contributed by atoms with van der Waals surface area (Å²) < 4.78 is 1.89. The summed E-state index contributed by atoms with van der Waals surface area (Å²) in [6.07, 6.45) is 8.00.